The molecule has 0 atom stereocenters. The monoisotopic (exact) mass is 297 g/mol. The number of fused-ring (bicyclic) bond motifs is 1. The number of hydrogen-bond donors (Lipinski definition) is 0. The highest BCUT2D eigenvalue weighted by molar-refractivity contribution is 7.18. The Morgan fingerprint density at radius 3 is 2.48 bits per heavy atom. The van der Waals surface area contributed by atoms with Crippen molar-refractivity contribution in [2.75, 3.05) is 0 Å². The molecule has 5 heteroatoms. The molecular formula is C16H13N2O2S+. The molecule has 0 aliphatic heterocycles. The third-order valence-electron chi connectivity index (χ3n) is 3.29. The van der Waals surface area contributed by atoms with Gasteiger partial charge in [0.1, 0.15) is 11.7 Å². The number of aryl methyl sites for hydroxylation is 1. The highest BCUT2D eigenvalue weighted by Gasteiger charge is 2.13. The minimum Gasteiger partial charge on any atom is -0.258 e. The highest BCUT2D eigenvalue weighted by Crippen LogP contribution is 2.21. The lowest BCUT2D eigenvalue weighted by atomic mass is 10.2. The predicted octanol–water partition coefficient (Wildman–Crippen LogP) is 3.80. The Hall–Kier alpha value is -2.53. The zero-order valence-electron chi connectivity index (χ0n) is 11.4. The maximum absolute atomic E-state index is 10.6. The van der Waals surface area contributed by atoms with Gasteiger partial charge in [-0.15, -0.1) is 0 Å². The molecule has 1 heterocycles. The van der Waals surface area contributed by atoms with Crippen LogP contribution in [-0.2, 0) is 7.05 Å². The van der Waals surface area contributed by atoms with Crippen molar-refractivity contribution in [2.45, 2.75) is 0 Å². The summed E-state index contributed by atoms with van der Waals surface area (Å²) in [6.07, 6.45) is 4.00. The van der Waals surface area contributed by atoms with Gasteiger partial charge >= 0.3 is 0 Å². The molecule has 3 aromatic rings. The fourth-order valence-electron chi connectivity index (χ4n) is 2.14. The number of thiazole rings is 1. The van der Waals surface area contributed by atoms with E-state index >= 15 is 0 Å². The quantitative estimate of drug-likeness (QED) is 0.419. The standard InChI is InChI=1S/C16H13N2O2S/c1-17-14-4-2-3-5-15(14)21-16(17)11-8-12-6-9-13(10-7-12)18(19)20/h2-11H,1H3/q+1/b11-8+. The van der Waals surface area contributed by atoms with Crippen LogP contribution in [-0.4, -0.2) is 4.92 Å². The van der Waals surface area contributed by atoms with Gasteiger partial charge in [0, 0.05) is 24.3 Å². The summed E-state index contributed by atoms with van der Waals surface area (Å²) in [5.41, 5.74) is 2.25. The van der Waals surface area contributed by atoms with Crippen LogP contribution in [0.3, 0.4) is 0 Å². The lowest BCUT2D eigenvalue weighted by molar-refractivity contribution is -0.642. The molecule has 0 spiro atoms. The molecule has 2 aromatic carbocycles. The summed E-state index contributed by atoms with van der Waals surface area (Å²) in [6.45, 7) is 0. The molecule has 0 saturated carbocycles. The molecule has 0 unspecified atom stereocenters. The van der Waals surface area contributed by atoms with E-state index in [1.807, 2.05) is 31.3 Å². The second kappa shape index (κ2) is 5.46. The minimum atomic E-state index is -0.389. The summed E-state index contributed by atoms with van der Waals surface area (Å²) < 4.78 is 3.38. The number of nitrogens with zero attached hydrogens (tertiary/aromatic N) is 2. The molecule has 0 saturated heterocycles. The van der Waals surface area contributed by atoms with Crippen molar-refractivity contribution in [3.05, 3.63) is 69.2 Å². The Bertz CT molecular complexity index is 835. The number of para-hydroxylation sites is 1. The molecule has 0 bridgehead atoms. The normalized spacial score (nSPS) is 11.3. The van der Waals surface area contributed by atoms with Gasteiger partial charge in [-0.25, -0.2) is 0 Å². The molecule has 1 aromatic heterocycles. The average Bonchev–Trinajstić information content (AvgIpc) is 2.82. The molecule has 104 valence electrons. The van der Waals surface area contributed by atoms with Gasteiger partial charge in [0.2, 0.25) is 5.52 Å². The summed E-state index contributed by atoms with van der Waals surface area (Å²) in [5.74, 6) is 0. The second-order valence-corrected chi connectivity index (χ2v) is 5.71. The highest BCUT2D eigenvalue weighted by atomic mass is 32.1. The van der Waals surface area contributed by atoms with E-state index < -0.39 is 0 Å². The smallest absolute Gasteiger partial charge is 0.258 e. The second-order valence-electron chi connectivity index (χ2n) is 4.65. The van der Waals surface area contributed by atoms with Crippen molar-refractivity contribution < 1.29 is 9.49 Å². The molecule has 0 amide bonds. The summed E-state index contributed by atoms with van der Waals surface area (Å²) in [6, 6.07) is 14.8. The first kappa shape index (κ1) is 13.5. The SMILES string of the molecule is C[n+]1c(/C=C/c2ccc([N+](=O)[O-])cc2)sc2ccccc21. The number of rotatable bonds is 3. The van der Waals surface area contributed by atoms with Crippen LogP contribution in [0.15, 0.2) is 48.5 Å². The molecule has 0 aliphatic carbocycles. The Labute approximate surface area is 125 Å². The van der Waals surface area contributed by atoms with E-state index in [9.17, 15) is 10.1 Å². The fourth-order valence-corrected chi connectivity index (χ4v) is 3.19. The topological polar surface area (TPSA) is 47.0 Å². The Balaban J connectivity index is 1.90. The minimum absolute atomic E-state index is 0.111. The zero-order chi connectivity index (χ0) is 14.8. The fraction of sp³-hybridized carbons (Fsp3) is 0.0625. The molecule has 0 fully saturated rings. The summed E-state index contributed by atoms with van der Waals surface area (Å²) in [4.78, 5) is 10.2. The number of benzene rings is 2. The summed E-state index contributed by atoms with van der Waals surface area (Å²) in [7, 11) is 2.04. The molecule has 21 heavy (non-hydrogen) atoms. The van der Waals surface area contributed by atoms with Crippen molar-refractivity contribution >= 4 is 39.4 Å². The van der Waals surface area contributed by atoms with Crippen LogP contribution in [0.1, 0.15) is 10.6 Å². The van der Waals surface area contributed by atoms with Crippen LogP contribution in [0, 0.1) is 10.1 Å². The van der Waals surface area contributed by atoms with Gasteiger partial charge in [-0.2, -0.15) is 4.57 Å². The maximum atomic E-state index is 10.6. The van der Waals surface area contributed by atoms with Crippen LogP contribution in [0.4, 0.5) is 5.69 Å². The maximum Gasteiger partial charge on any atom is 0.269 e. The van der Waals surface area contributed by atoms with Crippen molar-refractivity contribution in [3.63, 3.8) is 0 Å². The van der Waals surface area contributed by atoms with E-state index in [-0.39, 0.29) is 10.6 Å². The molecular weight excluding hydrogens is 284 g/mol. The average molecular weight is 297 g/mol. The summed E-state index contributed by atoms with van der Waals surface area (Å²) in [5, 5.41) is 11.8. The first-order valence-corrected chi connectivity index (χ1v) is 7.27. The number of nitro groups is 1. The van der Waals surface area contributed by atoms with E-state index in [2.05, 4.69) is 16.7 Å². The lowest BCUT2D eigenvalue weighted by Gasteiger charge is -1.92. The van der Waals surface area contributed by atoms with Gasteiger partial charge in [0.25, 0.3) is 10.7 Å². The third-order valence-corrected chi connectivity index (χ3v) is 4.48. The first-order chi connectivity index (χ1) is 10.1. The predicted molar refractivity (Wildman–Crippen MR) is 85.0 cm³/mol. The van der Waals surface area contributed by atoms with Crippen molar-refractivity contribution in [1.82, 2.24) is 0 Å². The molecule has 3 rings (SSSR count). The van der Waals surface area contributed by atoms with Gasteiger partial charge < -0.3 is 0 Å². The van der Waals surface area contributed by atoms with Gasteiger partial charge in [-0.3, -0.25) is 10.1 Å². The van der Waals surface area contributed by atoms with Gasteiger partial charge in [0.05, 0.1) is 4.92 Å². The Kier molecular flexibility index (Phi) is 3.50. The van der Waals surface area contributed by atoms with Crippen LogP contribution in [0.2, 0.25) is 0 Å². The van der Waals surface area contributed by atoms with Crippen LogP contribution >= 0.6 is 11.3 Å². The first-order valence-electron chi connectivity index (χ1n) is 6.45. The van der Waals surface area contributed by atoms with Crippen molar-refractivity contribution in [1.29, 1.82) is 0 Å². The van der Waals surface area contributed by atoms with Crippen molar-refractivity contribution in [2.24, 2.45) is 7.05 Å². The van der Waals surface area contributed by atoms with Gasteiger partial charge in [-0.05, 0) is 29.8 Å². The van der Waals surface area contributed by atoms with E-state index in [0.717, 1.165) is 10.6 Å². The van der Waals surface area contributed by atoms with E-state index in [0.29, 0.717) is 0 Å². The van der Waals surface area contributed by atoms with E-state index in [4.69, 9.17) is 0 Å². The number of nitro benzene ring substituents is 1. The van der Waals surface area contributed by atoms with Crippen LogP contribution in [0.25, 0.3) is 22.4 Å². The van der Waals surface area contributed by atoms with Gasteiger partial charge in [0.15, 0.2) is 0 Å². The zero-order valence-corrected chi connectivity index (χ0v) is 12.2. The van der Waals surface area contributed by atoms with E-state index in [1.165, 1.54) is 22.3 Å². The largest absolute Gasteiger partial charge is 0.269 e. The molecule has 0 N–H and O–H groups in total. The van der Waals surface area contributed by atoms with Crippen LogP contribution < -0.4 is 4.57 Å². The Morgan fingerprint density at radius 1 is 1.10 bits per heavy atom. The number of non-ortho nitro benzene ring substituents is 1. The molecule has 0 aliphatic rings. The summed E-state index contributed by atoms with van der Waals surface area (Å²) >= 11 is 1.72. The number of aromatic nitrogens is 1. The van der Waals surface area contributed by atoms with Gasteiger partial charge in [-0.1, -0.05) is 23.5 Å². The number of hydrogen-bond acceptors (Lipinski definition) is 3. The lowest BCUT2D eigenvalue weighted by Crippen LogP contribution is -2.28. The van der Waals surface area contributed by atoms with E-state index in [1.54, 1.807) is 23.5 Å². The van der Waals surface area contributed by atoms with Crippen molar-refractivity contribution in [3.8, 4) is 0 Å². The molecule has 0 radical (unpaired) electrons. The van der Waals surface area contributed by atoms with Crippen LogP contribution in [0.5, 0.6) is 0 Å². The molecule has 4 nitrogen and oxygen atoms in total. The third kappa shape index (κ3) is 2.68. The Morgan fingerprint density at radius 2 is 1.81 bits per heavy atom.